The van der Waals surface area contributed by atoms with E-state index in [2.05, 4.69) is 15.0 Å². The van der Waals surface area contributed by atoms with Crippen LogP contribution in [0.15, 0.2) is 67.1 Å². The molecule has 0 bridgehead atoms. The lowest BCUT2D eigenvalue weighted by atomic mass is 9.92. The number of aliphatic hydroxyl groups is 1. The molecule has 1 N–H and O–H groups in total. The Morgan fingerprint density at radius 1 is 1.05 bits per heavy atom. The zero-order valence-corrected chi connectivity index (χ0v) is 21.3. The molecule has 1 amide bonds. The number of pyridine rings is 1. The van der Waals surface area contributed by atoms with Gasteiger partial charge in [-0.3, -0.25) is 9.78 Å². The number of halogens is 4. The molecule has 4 aromatic rings. The number of carbonyl (C=O) groups excluding carboxylic acids is 1. The third kappa shape index (κ3) is 5.50. The van der Waals surface area contributed by atoms with Crippen LogP contribution in [0.5, 0.6) is 5.75 Å². The Kier molecular flexibility index (Phi) is 7.49. The molecule has 0 fully saturated rings. The molecule has 11 heteroatoms. The van der Waals surface area contributed by atoms with Crippen LogP contribution in [0.2, 0.25) is 0 Å². The Balaban J connectivity index is 1.45. The van der Waals surface area contributed by atoms with Crippen LogP contribution in [0.1, 0.15) is 44.2 Å². The molecular formula is C29H24F4N4O3. The van der Waals surface area contributed by atoms with Crippen LogP contribution in [-0.2, 0) is 19.1 Å². The number of carbonyl (C=O) groups is 1. The zero-order valence-electron chi connectivity index (χ0n) is 21.3. The molecule has 40 heavy (non-hydrogen) atoms. The van der Waals surface area contributed by atoms with E-state index in [0.29, 0.717) is 48.1 Å². The number of ether oxygens (including phenoxy) is 1. The van der Waals surface area contributed by atoms with Crippen molar-refractivity contribution in [2.75, 3.05) is 20.3 Å². The maximum Gasteiger partial charge on any atom is 0.416 e. The third-order valence-corrected chi connectivity index (χ3v) is 6.86. The molecule has 2 aromatic heterocycles. The highest BCUT2D eigenvalue weighted by Crippen LogP contribution is 2.35. The van der Waals surface area contributed by atoms with Crippen LogP contribution < -0.4 is 4.74 Å². The minimum Gasteiger partial charge on any atom is -0.497 e. The van der Waals surface area contributed by atoms with Crippen molar-refractivity contribution in [3.8, 4) is 17.1 Å². The second kappa shape index (κ2) is 11.0. The summed E-state index contributed by atoms with van der Waals surface area (Å²) >= 11 is 0. The molecule has 1 aliphatic rings. The number of fused-ring (bicyclic) bond motifs is 1. The van der Waals surface area contributed by atoms with Crippen molar-refractivity contribution in [1.82, 2.24) is 19.9 Å². The summed E-state index contributed by atoms with van der Waals surface area (Å²) in [6.07, 6.45) is -1.55. The molecular weight excluding hydrogens is 528 g/mol. The number of amides is 1. The molecule has 206 valence electrons. The highest BCUT2D eigenvalue weighted by molar-refractivity contribution is 5.98. The Labute approximate surface area is 227 Å². The summed E-state index contributed by atoms with van der Waals surface area (Å²) in [6, 6.07) is 12.7. The van der Waals surface area contributed by atoms with Gasteiger partial charge in [-0.25, -0.2) is 14.4 Å². The number of hydrogen-bond donors (Lipinski definition) is 1. The van der Waals surface area contributed by atoms with Crippen molar-refractivity contribution in [2.24, 2.45) is 0 Å². The standard InChI is InChI=1S/C29H24F4N4O3/c1-40-21-4-2-17(3-5-21)14-37-9-7-22-23(28(37)39)6-8-34-27(22)26-13-25(35-16-36-26)24(15-38)18-10-19(29(31,32)33)12-20(30)11-18/h2-6,8,10-13,16,24,38H,7,9,14-15H2,1H3. The van der Waals surface area contributed by atoms with Crippen molar-refractivity contribution < 1.29 is 32.2 Å². The molecule has 1 aliphatic heterocycles. The van der Waals surface area contributed by atoms with Gasteiger partial charge in [-0.15, -0.1) is 0 Å². The van der Waals surface area contributed by atoms with Crippen LogP contribution in [0.3, 0.4) is 0 Å². The molecule has 0 radical (unpaired) electrons. The van der Waals surface area contributed by atoms with E-state index in [1.165, 1.54) is 18.6 Å². The monoisotopic (exact) mass is 552 g/mol. The van der Waals surface area contributed by atoms with E-state index in [4.69, 9.17) is 4.74 Å². The van der Waals surface area contributed by atoms with Crippen LogP contribution in [0.25, 0.3) is 11.4 Å². The highest BCUT2D eigenvalue weighted by Gasteiger charge is 2.33. The Bertz CT molecular complexity index is 1540. The number of benzene rings is 2. The lowest BCUT2D eigenvalue weighted by Gasteiger charge is -2.29. The van der Waals surface area contributed by atoms with E-state index >= 15 is 0 Å². The van der Waals surface area contributed by atoms with E-state index in [1.807, 2.05) is 24.3 Å². The largest absolute Gasteiger partial charge is 0.497 e. The van der Waals surface area contributed by atoms with Crippen molar-refractivity contribution in [3.05, 3.63) is 106 Å². The van der Waals surface area contributed by atoms with Gasteiger partial charge in [0, 0.05) is 30.8 Å². The second-order valence-electron chi connectivity index (χ2n) is 9.34. The first-order valence-corrected chi connectivity index (χ1v) is 12.4. The fraction of sp³-hybridized carbons (Fsp3) is 0.241. The van der Waals surface area contributed by atoms with Crippen molar-refractivity contribution in [2.45, 2.75) is 25.1 Å². The predicted molar refractivity (Wildman–Crippen MR) is 137 cm³/mol. The molecule has 1 unspecified atom stereocenters. The summed E-state index contributed by atoms with van der Waals surface area (Å²) in [4.78, 5) is 28.0. The predicted octanol–water partition coefficient (Wildman–Crippen LogP) is 5.03. The molecule has 0 aliphatic carbocycles. The Hall–Kier alpha value is -4.38. The molecule has 2 aromatic carbocycles. The second-order valence-corrected chi connectivity index (χ2v) is 9.34. The molecule has 0 saturated carbocycles. The maximum absolute atomic E-state index is 14.1. The van der Waals surface area contributed by atoms with E-state index in [-0.39, 0.29) is 17.2 Å². The van der Waals surface area contributed by atoms with E-state index < -0.39 is 30.1 Å². The van der Waals surface area contributed by atoms with Gasteiger partial charge in [0.2, 0.25) is 0 Å². The molecule has 5 rings (SSSR count). The smallest absolute Gasteiger partial charge is 0.416 e. The summed E-state index contributed by atoms with van der Waals surface area (Å²) in [5.74, 6) is -1.56. The number of alkyl halides is 3. The Morgan fingerprint density at radius 3 is 2.52 bits per heavy atom. The fourth-order valence-electron chi connectivity index (χ4n) is 4.83. The highest BCUT2D eigenvalue weighted by atomic mass is 19.4. The topological polar surface area (TPSA) is 88.4 Å². The van der Waals surface area contributed by atoms with Gasteiger partial charge < -0.3 is 14.7 Å². The summed E-state index contributed by atoms with van der Waals surface area (Å²) in [5.41, 5.74) is 1.84. The van der Waals surface area contributed by atoms with Crippen molar-refractivity contribution >= 4 is 5.91 Å². The number of methoxy groups -OCH3 is 1. The van der Waals surface area contributed by atoms with Crippen LogP contribution >= 0.6 is 0 Å². The average molecular weight is 553 g/mol. The maximum atomic E-state index is 14.1. The molecule has 7 nitrogen and oxygen atoms in total. The zero-order chi connectivity index (χ0) is 28.4. The fourth-order valence-corrected chi connectivity index (χ4v) is 4.83. The van der Waals surface area contributed by atoms with Gasteiger partial charge in [0.15, 0.2) is 0 Å². The van der Waals surface area contributed by atoms with Gasteiger partial charge in [-0.05, 0) is 65.6 Å². The summed E-state index contributed by atoms with van der Waals surface area (Å²) < 4.78 is 59.1. The van der Waals surface area contributed by atoms with E-state index in [0.717, 1.165) is 23.4 Å². The molecule has 0 spiro atoms. The minimum atomic E-state index is -4.76. The summed E-state index contributed by atoms with van der Waals surface area (Å²) in [5, 5.41) is 10.0. The first kappa shape index (κ1) is 27.2. The van der Waals surface area contributed by atoms with Gasteiger partial charge in [0.25, 0.3) is 5.91 Å². The summed E-state index contributed by atoms with van der Waals surface area (Å²) in [6.45, 7) is 0.247. The average Bonchev–Trinajstić information content (AvgIpc) is 2.94. The van der Waals surface area contributed by atoms with E-state index in [1.54, 1.807) is 18.1 Å². The molecule has 1 atom stereocenters. The SMILES string of the molecule is COc1ccc(CN2CCc3c(ccnc3-c3cc(C(CO)c4cc(F)cc(C(F)(F)F)c4)ncn3)C2=O)cc1. The van der Waals surface area contributed by atoms with Gasteiger partial charge in [0.1, 0.15) is 17.9 Å². The normalized spacial score (nSPS) is 14.2. The number of aliphatic hydroxyl groups excluding tert-OH is 1. The van der Waals surface area contributed by atoms with Gasteiger partial charge in [-0.1, -0.05) is 12.1 Å². The minimum absolute atomic E-state index is 0.0770. The third-order valence-electron chi connectivity index (χ3n) is 6.86. The number of nitrogens with zero attached hydrogens (tertiary/aromatic N) is 4. The number of hydrogen-bond acceptors (Lipinski definition) is 6. The lowest BCUT2D eigenvalue weighted by molar-refractivity contribution is -0.137. The number of rotatable bonds is 7. The number of aromatic nitrogens is 3. The Morgan fingerprint density at radius 2 is 1.82 bits per heavy atom. The molecule has 0 saturated heterocycles. The summed E-state index contributed by atoms with van der Waals surface area (Å²) in [7, 11) is 1.58. The van der Waals surface area contributed by atoms with Gasteiger partial charge >= 0.3 is 6.18 Å². The lowest BCUT2D eigenvalue weighted by Crippen LogP contribution is -2.37. The van der Waals surface area contributed by atoms with Gasteiger partial charge in [0.05, 0.1) is 36.4 Å². The van der Waals surface area contributed by atoms with E-state index in [9.17, 15) is 27.5 Å². The van der Waals surface area contributed by atoms with Crippen molar-refractivity contribution in [3.63, 3.8) is 0 Å². The van der Waals surface area contributed by atoms with Crippen LogP contribution in [-0.4, -0.2) is 51.1 Å². The van der Waals surface area contributed by atoms with Crippen LogP contribution in [0.4, 0.5) is 17.6 Å². The first-order chi connectivity index (χ1) is 19.2. The first-order valence-electron chi connectivity index (χ1n) is 12.4. The quantitative estimate of drug-likeness (QED) is 0.324. The van der Waals surface area contributed by atoms with Gasteiger partial charge in [-0.2, -0.15) is 13.2 Å². The van der Waals surface area contributed by atoms with Crippen molar-refractivity contribution in [1.29, 1.82) is 0 Å². The molecule has 3 heterocycles. The van der Waals surface area contributed by atoms with Crippen LogP contribution in [0, 0.1) is 5.82 Å².